The van der Waals surface area contributed by atoms with Crippen LogP contribution in [0.15, 0.2) is 30.3 Å². The van der Waals surface area contributed by atoms with Crippen molar-refractivity contribution in [1.29, 1.82) is 0 Å². The van der Waals surface area contributed by atoms with E-state index in [-0.39, 0.29) is 11.6 Å². The maximum Gasteiger partial charge on any atom is 0.270 e. The fraction of sp³-hybridized carbons (Fsp3) is 0.250. The predicted octanol–water partition coefficient (Wildman–Crippen LogP) is 1.89. The van der Waals surface area contributed by atoms with Crippen LogP contribution in [0.25, 0.3) is 6.08 Å². The van der Waals surface area contributed by atoms with E-state index in [4.69, 9.17) is 0 Å². The van der Waals surface area contributed by atoms with Crippen molar-refractivity contribution in [2.75, 3.05) is 0 Å². The van der Waals surface area contributed by atoms with Gasteiger partial charge < -0.3 is 5.32 Å². The zero-order valence-electron chi connectivity index (χ0n) is 9.13. The Kier molecular flexibility index (Phi) is 3.18. The summed E-state index contributed by atoms with van der Waals surface area (Å²) in [6.45, 7) is 0. The van der Waals surface area contributed by atoms with Gasteiger partial charge in [-0.1, -0.05) is 12.1 Å². The summed E-state index contributed by atoms with van der Waals surface area (Å²) in [5, 5.41) is 13.3. The zero-order chi connectivity index (χ0) is 12.3. The first kappa shape index (κ1) is 11.3. The molecule has 17 heavy (non-hydrogen) atoms. The van der Waals surface area contributed by atoms with Crippen molar-refractivity contribution in [3.8, 4) is 0 Å². The Balaban J connectivity index is 2.01. The molecule has 0 saturated heterocycles. The lowest BCUT2D eigenvalue weighted by Crippen LogP contribution is -2.22. The van der Waals surface area contributed by atoms with Crippen molar-refractivity contribution in [1.82, 2.24) is 5.32 Å². The average molecular weight is 232 g/mol. The third kappa shape index (κ3) is 3.41. The number of rotatable bonds is 4. The minimum absolute atomic E-state index is 0.0229. The summed E-state index contributed by atoms with van der Waals surface area (Å²) in [4.78, 5) is 21.4. The molecule has 1 aliphatic rings. The van der Waals surface area contributed by atoms with Gasteiger partial charge in [0.1, 0.15) is 0 Å². The van der Waals surface area contributed by atoms with Crippen LogP contribution >= 0.6 is 0 Å². The molecular formula is C12H12N2O3. The minimum Gasteiger partial charge on any atom is -0.350 e. The number of carbonyl (C=O) groups is 1. The maximum atomic E-state index is 11.4. The smallest absolute Gasteiger partial charge is 0.270 e. The topological polar surface area (TPSA) is 72.2 Å². The van der Waals surface area contributed by atoms with Gasteiger partial charge in [0.25, 0.3) is 5.69 Å². The number of non-ortho nitro benzene ring substituents is 1. The lowest BCUT2D eigenvalue weighted by atomic mass is 10.2. The van der Waals surface area contributed by atoms with E-state index in [0.717, 1.165) is 12.8 Å². The molecule has 88 valence electrons. The van der Waals surface area contributed by atoms with Gasteiger partial charge in [-0.05, 0) is 24.5 Å². The van der Waals surface area contributed by atoms with Crippen molar-refractivity contribution in [3.05, 3.63) is 46.0 Å². The van der Waals surface area contributed by atoms with Gasteiger partial charge in [-0.3, -0.25) is 14.9 Å². The number of nitro benzene ring substituents is 1. The fourth-order valence-electron chi connectivity index (χ4n) is 1.39. The molecule has 1 aromatic rings. The van der Waals surface area contributed by atoms with E-state index in [0.29, 0.717) is 11.6 Å². The maximum absolute atomic E-state index is 11.4. The van der Waals surface area contributed by atoms with Crippen molar-refractivity contribution in [3.63, 3.8) is 0 Å². The second kappa shape index (κ2) is 4.78. The second-order valence-electron chi connectivity index (χ2n) is 3.97. The summed E-state index contributed by atoms with van der Waals surface area (Å²) in [5.74, 6) is -0.154. The van der Waals surface area contributed by atoms with E-state index in [1.54, 1.807) is 18.2 Å². The highest BCUT2D eigenvalue weighted by Gasteiger charge is 2.21. The highest BCUT2D eigenvalue weighted by molar-refractivity contribution is 5.92. The van der Waals surface area contributed by atoms with Crippen LogP contribution in [0.3, 0.4) is 0 Å². The molecule has 1 fully saturated rings. The molecule has 1 saturated carbocycles. The molecule has 5 nitrogen and oxygen atoms in total. The SMILES string of the molecule is O=C(/C=C/c1cccc([N+](=O)[O-])c1)NC1CC1. The Hall–Kier alpha value is -2.17. The Morgan fingerprint density at radius 3 is 2.88 bits per heavy atom. The monoisotopic (exact) mass is 232 g/mol. The van der Waals surface area contributed by atoms with Gasteiger partial charge in [0, 0.05) is 24.3 Å². The van der Waals surface area contributed by atoms with Crippen molar-refractivity contribution in [2.24, 2.45) is 0 Å². The summed E-state index contributed by atoms with van der Waals surface area (Å²) in [6, 6.07) is 6.48. The molecule has 0 aliphatic heterocycles. The minimum atomic E-state index is -0.457. The first-order chi connectivity index (χ1) is 8.15. The fourth-order valence-corrected chi connectivity index (χ4v) is 1.39. The molecule has 0 atom stereocenters. The lowest BCUT2D eigenvalue weighted by molar-refractivity contribution is -0.384. The van der Waals surface area contributed by atoms with E-state index in [9.17, 15) is 14.9 Å². The van der Waals surface area contributed by atoms with Gasteiger partial charge in [-0.2, -0.15) is 0 Å². The number of hydrogen-bond donors (Lipinski definition) is 1. The van der Waals surface area contributed by atoms with Crippen LogP contribution in [0, 0.1) is 10.1 Å². The van der Waals surface area contributed by atoms with Crippen molar-refractivity contribution in [2.45, 2.75) is 18.9 Å². The quantitative estimate of drug-likeness (QED) is 0.489. The summed E-state index contributed by atoms with van der Waals surface area (Å²) in [6.07, 6.45) is 5.05. The highest BCUT2D eigenvalue weighted by Crippen LogP contribution is 2.18. The predicted molar refractivity (Wildman–Crippen MR) is 63.3 cm³/mol. The summed E-state index contributed by atoms with van der Waals surface area (Å²) >= 11 is 0. The molecule has 5 heteroatoms. The number of hydrogen-bond acceptors (Lipinski definition) is 3. The molecule has 0 bridgehead atoms. The standard InChI is InChI=1S/C12H12N2O3/c15-12(13-10-5-6-10)7-4-9-2-1-3-11(8-9)14(16)17/h1-4,7-8,10H,5-6H2,(H,13,15)/b7-4+. The first-order valence-corrected chi connectivity index (χ1v) is 5.38. The van der Waals surface area contributed by atoms with E-state index in [2.05, 4.69) is 5.32 Å². The molecule has 1 aromatic carbocycles. The van der Waals surface area contributed by atoms with E-state index >= 15 is 0 Å². The molecule has 0 unspecified atom stereocenters. The van der Waals surface area contributed by atoms with Crippen LogP contribution in [0.2, 0.25) is 0 Å². The van der Waals surface area contributed by atoms with Crippen LogP contribution in [0.5, 0.6) is 0 Å². The summed E-state index contributed by atoms with van der Waals surface area (Å²) in [5.41, 5.74) is 0.667. The normalized spacial score (nSPS) is 14.8. The Bertz CT molecular complexity index is 478. The molecule has 0 heterocycles. The molecular weight excluding hydrogens is 220 g/mol. The van der Waals surface area contributed by atoms with Crippen molar-refractivity contribution < 1.29 is 9.72 Å². The molecule has 2 rings (SSSR count). The Labute approximate surface area is 98.3 Å². The van der Waals surface area contributed by atoms with Crippen LogP contribution in [-0.2, 0) is 4.79 Å². The van der Waals surface area contributed by atoms with Gasteiger partial charge in [0.05, 0.1) is 4.92 Å². The lowest BCUT2D eigenvalue weighted by Gasteiger charge is -1.97. The average Bonchev–Trinajstić information content (AvgIpc) is 3.11. The third-order valence-electron chi connectivity index (χ3n) is 2.43. The summed E-state index contributed by atoms with van der Waals surface area (Å²) < 4.78 is 0. The second-order valence-corrected chi connectivity index (χ2v) is 3.97. The largest absolute Gasteiger partial charge is 0.350 e. The van der Waals surface area contributed by atoms with Gasteiger partial charge in [-0.15, -0.1) is 0 Å². The van der Waals surface area contributed by atoms with Crippen LogP contribution < -0.4 is 5.32 Å². The van der Waals surface area contributed by atoms with E-state index in [1.807, 2.05) is 0 Å². The first-order valence-electron chi connectivity index (χ1n) is 5.38. The van der Waals surface area contributed by atoms with Gasteiger partial charge in [0.15, 0.2) is 0 Å². The van der Waals surface area contributed by atoms with E-state index < -0.39 is 4.92 Å². The van der Waals surface area contributed by atoms with Crippen LogP contribution in [0.1, 0.15) is 18.4 Å². The molecule has 0 spiro atoms. The molecule has 1 amide bonds. The number of amides is 1. The Morgan fingerprint density at radius 1 is 1.47 bits per heavy atom. The van der Waals surface area contributed by atoms with Crippen molar-refractivity contribution >= 4 is 17.7 Å². The summed E-state index contributed by atoms with van der Waals surface area (Å²) in [7, 11) is 0. The van der Waals surface area contributed by atoms with Crippen LogP contribution in [-0.4, -0.2) is 16.9 Å². The number of nitro groups is 1. The molecule has 1 aliphatic carbocycles. The molecule has 0 aromatic heterocycles. The number of benzene rings is 1. The molecule has 1 N–H and O–H groups in total. The number of carbonyl (C=O) groups excluding carboxylic acids is 1. The zero-order valence-corrected chi connectivity index (χ0v) is 9.13. The van der Waals surface area contributed by atoms with Gasteiger partial charge in [0.2, 0.25) is 5.91 Å². The number of nitrogens with zero attached hydrogens (tertiary/aromatic N) is 1. The van der Waals surface area contributed by atoms with Gasteiger partial charge in [-0.25, -0.2) is 0 Å². The molecule has 0 radical (unpaired) electrons. The Morgan fingerprint density at radius 2 is 2.24 bits per heavy atom. The van der Waals surface area contributed by atoms with E-state index in [1.165, 1.54) is 18.2 Å². The highest BCUT2D eigenvalue weighted by atomic mass is 16.6. The third-order valence-corrected chi connectivity index (χ3v) is 2.43. The number of nitrogens with one attached hydrogen (secondary N) is 1. The van der Waals surface area contributed by atoms with Crippen LogP contribution in [0.4, 0.5) is 5.69 Å². The van der Waals surface area contributed by atoms with Gasteiger partial charge >= 0.3 is 0 Å².